The van der Waals surface area contributed by atoms with Gasteiger partial charge in [0.05, 0.1) is 27.4 Å². The molecule has 7 nitrogen and oxygen atoms in total. The molecule has 2 amide bonds. The number of aryl methyl sites for hydroxylation is 2. The normalized spacial score (nSPS) is 10.6. The Balaban J connectivity index is 1.44. The lowest BCUT2D eigenvalue weighted by Gasteiger charge is -2.11. The van der Waals surface area contributed by atoms with Crippen LogP contribution < -0.4 is 15.4 Å². The number of hydrogen-bond donors (Lipinski definition) is 2. The molecule has 3 aromatic rings. The maximum atomic E-state index is 13.4. The zero-order valence-electron chi connectivity index (χ0n) is 17.7. The fraction of sp³-hybridized carbons (Fsp3) is 0.217. The van der Waals surface area contributed by atoms with Gasteiger partial charge in [-0.3, -0.25) is 9.59 Å². The number of aromatic nitrogens is 2. The van der Waals surface area contributed by atoms with Gasteiger partial charge in [-0.05, 0) is 44.2 Å². The first-order chi connectivity index (χ1) is 15.2. The Hall–Kier alpha value is -3.52. The summed E-state index contributed by atoms with van der Waals surface area (Å²) >= 11 is 5.60. The van der Waals surface area contributed by atoms with Crippen LogP contribution in [0.2, 0.25) is 5.02 Å². The average Bonchev–Trinajstić information content (AvgIpc) is 2.75. The number of halogens is 2. The molecule has 0 fully saturated rings. The highest BCUT2D eigenvalue weighted by Crippen LogP contribution is 2.20. The second kappa shape index (κ2) is 10.2. The molecule has 0 radical (unpaired) electrons. The summed E-state index contributed by atoms with van der Waals surface area (Å²) in [5.74, 6) is -1.14. The van der Waals surface area contributed by atoms with Crippen molar-refractivity contribution in [3.05, 3.63) is 76.5 Å². The van der Waals surface area contributed by atoms with Crippen LogP contribution in [0.3, 0.4) is 0 Å². The fourth-order valence-corrected chi connectivity index (χ4v) is 2.90. The van der Waals surface area contributed by atoms with Crippen molar-refractivity contribution < 1.29 is 18.7 Å². The van der Waals surface area contributed by atoms with E-state index < -0.39 is 11.7 Å². The number of carbonyl (C=O) groups is 2. The molecule has 0 unspecified atom stereocenters. The van der Waals surface area contributed by atoms with Crippen molar-refractivity contribution in [1.82, 2.24) is 20.6 Å². The van der Waals surface area contributed by atoms with Crippen molar-refractivity contribution in [3.8, 4) is 5.75 Å². The van der Waals surface area contributed by atoms with Gasteiger partial charge in [0.1, 0.15) is 11.6 Å². The minimum Gasteiger partial charge on any atom is -0.484 e. The van der Waals surface area contributed by atoms with E-state index in [0.29, 0.717) is 23.2 Å². The number of carbonyl (C=O) groups excluding carboxylic acids is 2. The summed E-state index contributed by atoms with van der Waals surface area (Å²) in [6.07, 6.45) is 0.332. The van der Waals surface area contributed by atoms with Gasteiger partial charge in [0, 0.05) is 30.3 Å². The molecule has 1 aromatic heterocycles. The summed E-state index contributed by atoms with van der Waals surface area (Å²) in [6.45, 7) is 7.54. The second-order valence-electron chi connectivity index (χ2n) is 7.12. The fourth-order valence-electron chi connectivity index (χ4n) is 2.79. The summed E-state index contributed by atoms with van der Waals surface area (Å²) < 4.78 is 18.6. The van der Waals surface area contributed by atoms with Crippen molar-refractivity contribution in [3.63, 3.8) is 0 Å². The third kappa shape index (κ3) is 6.01. The molecule has 0 saturated carbocycles. The Bertz CT molecular complexity index is 1200. The molecular formula is C23H22ClFN4O3. The molecule has 32 heavy (non-hydrogen) atoms. The topological polar surface area (TPSA) is 93.2 Å². The SMILES string of the molecule is C=C(CCNC(=O)COc1ccc(Cl)c(F)c1)NC(=O)c1ccc2nc(C)c(C)nc2c1. The zero-order chi connectivity index (χ0) is 23.3. The number of fused-ring (bicyclic) bond motifs is 1. The van der Waals surface area contributed by atoms with Crippen molar-refractivity contribution in [2.75, 3.05) is 13.2 Å². The van der Waals surface area contributed by atoms with E-state index in [4.69, 9.17) is 16.3 Å². The summed E-state index contributed by atoms with van der Waals surface area (Å²) in [5.41, 5.74) is 3.89. The van der Waals surface area contributed by atoms with Crippen molar-refractivity contribution in [2.45, 2.75) is 20.3 Å². The van der Waals surface area contributed by atoms with Crippen molar-refractivity contribution in [2.24, 2.45) is 0 Å². The van der Waals surface area contributed by atoms with E-state index in [2.05, 4.69) is 27.2 Å². The largest absolute Gasteiger partial charge is 0.484 e. The summed E-state index contributed by atoms with van der Waals surface area (Å²) in [6, 6.07) is 9.02. The van der Waals surface area contributed by atoms with Crippen molar-refractivity contribution >= 4 is 34.4 Å². The summed E-state index contributed by atoms with van der Waals surface area (Å²) in [5, 5.41) is 5.33. The van der Waals surface area contributed by atoms with Crippen LogP contribution in [0.25, 0.3) is 11.0 Å². The van der Waals surface area contributed by atoms with E-state index in [9.17, 15) is 14.0 Å². The average molecular weight is 457 g/mol. The predicted octanol–water partition coefficient (Wildman–Crippen LogP) is 3.87. The number of rotatable bonds is 8. The number of hydrogen-bond acceptors (Lipinski definition) is 5. The van der Waals surface area contributed by atoms with E-state index in [1.807, 2.05) is 13.8 Å². The molecule has 166 valence electrons. The van der Waals surface area contributed by atoms with Crippen LogP contribution in [-0.2, 0) is 4.79 Å². The molecule has 0 saturated heterocycles. The van der Waals surface area contributed by atoms with Crippen LogP contribution in [0.1, 0.15) is 28.2 Å². The van der Waals surface area contributed by atoms with E-state index in [1.54, 1.807) is 18.2 Å². The minimum absolute atomic E-state index is 0.0239. The molecule has 3 rings (SSSR count). The third-order valence-electron chi connectivity index (χ3n) is 4.64. The molecule has 0 aliphatic rings. The maximum Gasteiger partial charge on any atom is 0.257 e. The van der Waals surface area contributed by atoms with E-state index in [-0.39, 0.29) is 29.8 Å². The molecule has 2 N–H and O–H groups in total. The molecule has 0 atom stereocenters. The first kappa shape index (κ1) is 23.1. The van der Waals surface area contributed by atoms with Gasteiger partial charge >= 0.3 is 0 Å². The van der Waals surface area contributed by atoms with Crippen LogP contribution >= 0.6 is 11.6 Å². The molecule has 0 bridgehead atoms. The second-order valence-corrected chi connectivity index (χ2v) is 7.53. The smallest absolute Gasteiger partial charge is 0.257 e. The van der Waals surface area contributed by atoms with E-state index >= 15 is 0 Å². The number of amides is 2. The lowest BCUT2D eigenvalue weighted by Crippen LogP contribution is -2.31. The maximum absolute atomic E-state index is 13.4. The highest BCUT2D eigenvalue weighted by atomic mass is 35.5. The molecule has 2 aromatic carbocycles. The zero-order valence-corrected chi connectivity index (χ0v) is 18.4. The molecule has 0 aliphatic heterocycles. The highest BCUT2D eigenvalue weighted by Gasteiger charge is 2.11. The summed E-state index contributed by atoms with van der Waals surface area (Å²) in [4.78, 5) is 33.3. The van der Waals surface area contributed by atoms with Gasteiger partial charge in [-0.1, -0.05) is 18.2 Å². The summed E-state index contributed by atoms with van der Waals surface area (Å²) in [7, 11) is 0. The molecule has 0 aliphatic carbocycles. The van der Waals surface area contributed by atoms with Crippen LogP contribution in [0.5, 0.6) is 5.75 Å². The van der Waals surface area contributed by atoms with Crippen LogP contribution in [0.15, 0.2) is 48.7 Å². The van der Waals surface area contributed by atoms with Gasteiger partial charge in [0.25, 0.3) is 11.8 Å². The van der Waals surface area contributed by atoms with Crippen LogP contribution in [-0.4, -0.2) is 34.9 Å². The minimum atomic E-state index is -0.625. The van der Waals surface area contributed by atoms with Crippen LogP contribution in [0, 0.1) is 19.7 Å². The Labute approximate surface area is 189 Å². The van der Waals surface area contributed by atoms with Gasteiger partial charge < -0.3 is 15.4 Å². The Morgan fingerprint density at radius 1 is 1.09 bits per heavy atom. The van der Waals surface area contributed by atoms with Gasteiger partial charge in [-0.15, -0.1) is 0 Å². The number of ether oxygens (including phenoxy) is 1. The Morgan fingerprint density at radius 3 is 2.53 bits per heavy atom. The first-order valence-corrected chi connectivity index (χ1v) is 10.2. The van der Waals surface area contributed by atoms with Gasteiger partial charge in [-0.2, -0.15) is 0 Å². The third-order valence-corrected chi connectivity index (χ3v) is 4.94. The van der Waals surface area contributed by atoms with Gasteiger partial charge in [0.2, 0.25) is 0 Å². The number of nitrogens with one attached hydrogen (secondary N) is 2. The van der Waals surface area contributed by atoms with Gasteiger partial charge in [-0.25, -0.2) is 14.4 Å². The van der Waals surface area contributed by atoms with Gasteiger partial charge in [0.15, 0.2) is 6.61 Å². The molecular weight excluding hydrogens is 435 g/mol. The predicted molar refractivity (Wildman–Crippen MR) is 120 cm³/mol. The van der Waals surface area contributed by atoms with Crippen molar-refractivity contribution in [1.29, 1.82) is 0 Å². The van der Waals surface area contributed by atoms with Crippen LogP contribution in [0.4, 0.5) is 4.39 Å². The number of nitrogens with zero attached hydrogens (tertiary/aromatic N) is 2. The molecule has 9 heteroatoms. The standard InChI is InChI=1S/C23H22ClFN4O3/c1-13(8-9-26-22(30)12-32-17-5-6-18(24)19(25)11-17)27-23(31)16-4-7-20-21(10-16)29-15(3)14(2)28-20/h4-7,10-11H,1,8-9,12H2,2-3H3,(H,26,30)(H,27,31). The first-order valence-electron chi connectivity index (χ1n) is 9.81. The lowest BCUT2D eigenvalue weighted by molar-refractivity contribution is -0.123. The quantitative estimate of drug-likeness (QED) is 0.536. The highest BCUT2D eigenvalue weighted by molar-refractivity contribution is 6.30. The lowest BCUT2D eigenvalue weighted by atomic mass is 10.1. The number of benzene rings is 2. The molecule has 1 heterocycles. The Kier molecular flexibility index (Phi) is 7.37. The van der Waals surface area contributed by atoms with E-state index in [1.165, 1.54) is 12.1 Å². The Morgan fingerprint density at radius 2 is 1.81 bits per heavy atom. The van der Waals surface area contributed by atoms with E-state index in [0.717, 1.165) is 23.0 Å². The monoisotopic (exact) mass is 456 g/mol. The molecule has 0 spiro atoms.